The summed E-state index contributed by atoms with van der Waals surface area (Å²) in [5.74, 6) is 0.762. The number of benzene rings is 1. The Morgan fingerprint density at radius 2 is 2.19 bits per heavy atom. The zero-order chi connectivity index (χ0) is 14.9. The lowest BCUT2D eigenvalue weighted by Gasteiger charge is -2.33. The fourth-order valence-corrected chi connectivity index (χ4v) is 2.59. The van der Waals surface area contributed by atoms with Gasteiger partial charge in [-0.2, -0.15) is 0 Å². The van der Waals surface area contributed by atoms with Gasteiger partial charge in [0.2, 0.25) is 5.91 Å². The van der Waals surface area contributed by atoms with E-state index in [9.17, 15) is 4.79 Å². The molecule has 0 spiro atoms. The molecule has 1 amide bonds. The Hall–Kier alpha value is -0.770. The van der Waals surface area contributed by atoms with Gasteiger partial charge in [-0.15, -0.1) is 12.4 Å². The first-order valence-corrected chi connectivity index (χ1v) is 7.52. The summed E-state index contributed by atoms with van der Waals surface area (Å²) in [5.41, 5.74) is 6.63. The fourth-order valence-electron chi connectivity index (χ4n) is 2.40. The van der Waals surface area contributed by atoms with Gasteiger partial charge in [-0.1, -0.05) is 37.6 Å². The van der Waals surface area contributed by atoms with Crippen LogP contribution in [0, 0.1) is 11.8 Å². The number of hydrogen-bond acceptors (Lipinski definition) is 2. The lowest BCUT2D eigenvalue weighted by atomic mass is 9.88. The van der Waals surface area contributed by atoms with Gasteiger partial charge in [0.25, 0.3) is 0 Å². The molecule has 1 aliphatic carbocycles. The van der Waals surface area contributed by atoms with Crippen molar-refractivity contribution in [2.45, 2.75) is 38.6 Å². The predicted octanol–water partition coefficient (Wildman–Crippen LogP) is 3.35. The molecule has 0 aliphatic heterocycles. The molecule has 0 radical (unpaired) electrons. The number of carbonyl (C=O) groups excluding carboxylic acids is 1. The van der Waals surface area contributed by atoms with Crippen molar-refractivity contribution in [1.29, 1.82) is 0 Å². The lowest BCUT2D eigenvalue weighted by Crippen LogP contribution is -2.55. The number of rotatable bonds is 5. The lowest BCUT2D eigenvalue weighted by molar-refractivity contribution is -0.124. The van der Waals surface area contributed by atoms with E-state index in [1.54, 1.807) is 0 Å². The van der Waals surface area contributed by atoms with Crippen molar-refractivity contribution in [2.75, 3.05) is 6.54 Å². The molecule has 1 aromatic carbocycles. The zero-order valence-corrected chi connectivity index (χ0v) is 14.3. The molecule has 2 rings (SSSR count). The average Bonchev–Trinajstić information content (AvgIpc) is 3.18. The molecule has 5 heteroatoms. The molecule has 0 aromatic heterocycles. The van der Waals surface area contributed by atoms with Crippen molar-refractivity contribution in [1.82, 2.24) is 5.32 Å². The molecular formula is C16H24Cl2N2O. The quantitative estimate of drug-likeness (QED) is 0.869. The second-order valence-corrected chi connectivity index (χ2v) is 6.71. The van der Waals surface area contributed by atoms with E-state index in [4.69, 9.17) is 17.3 Å². The first-order valence-electron chi connectivity index (χ1n) is 7.15. The van der Waals surface area contributed by atoms with Crippen molar-refractivity contribution in [3.8, 4) is 0 Å². The smallest absolute Gasteiger partial charge is 0.224 e. The van der Waals surface area contributed by atoms with Crippen molar-refractivity contribution in [3.63, 3.8) is 0 Å². The molecule has 1 aliphatic rings. The summed E-state index contributed by atoms with van der Waals surface area (Å²) in [6.45, 7) is 6.61. The SMILES string of the molecule is CC(C)C(C)(CN)NC(=O)C1CC1c1cccc(Cl)c1.Cl. The van der Waals surface area contributed by atoms with Gasteiger partial charge in [0.05, 0.1) is 5.54 Å². The van der Waals surface area contributed by atoms with Crippen molar-refractivity contribution >= 4 is 29.9 Å². The van der Waals surface area contributed by atoms with E-state index in [1.165, 1.54) is 0 Å². The monoisotopic (exact) mass is 330 g/mol. The molecule has 21 heavy (non-hydrogen) atoms. The first kappa shape index (κ1) is 18.3. The van der Waals surface area contributed by atoms with Crippen molar-refractivity contribution in [2.24, 2.45) is 17.6 Å². The molecule has 3 N–H and O–H groups in total. The third kappa shape index (κ3) is 4.12. The average molecular weight is 331 g/mol. The highest BCUT2D eigenvalue weighted by atomic mass is 35.5. The summed E-state index contributed by atoms with van der Waals surface area (Å²) in [4.78, 5) is 12.4. The second-order valence-electron chi connectivity index (χ2n) is 6.27. The minimum absolute atomic E-state index is 0. The maximum absolute atomic E-state index is 12.4. The topological polar surface area (TPSA) is 55.1 Å². The molecule has 3 nitrogen and oxygen atoms in total. The summed E-state index contributed by atoms with van der Waals surface area (Å²) in [7, 11) is 0. The summed E-state index contributed by atoms with van der Waals surface area (Å²) >= 11 is 6.00. The summed E-state index contributed by atoms with van der Waals surface area (Å²) in [5, 5.41) is 3.85. The number of carbonyl (C=O) groups is 1. The van der Waals surface area contributed by atoms with Gasteiger partial charge in [-0.25, -0.2) is 0 Å². The van der Waals surface area contributed by atoms with Crippen LogP contribution < -0.4 is 11.1 Å². The number of amides is 1. The normalized spacial score (nSPS) is 23.1. The zero-order valence-electron chi connectivity index (χ0n) is 12.7. The van der Waals surface area contributed by atoms with Gasteiger partial charge in [-0.05, 0) is 42.9 Å². The maximum Gasteiger partial charge on any atom is 0.224 e. The van der Waals surface area contributed by atoms with Crippen LogP contribution in [0.25, 0.3) is 0 Å². The van der Waals surface area contributed by atoms with Crippen molar-refractivity contribution < 1.29 is 4.79 Å². The van der Waals surface area contributed by atoms with Crippen LogP contribution in [0.1, 0.15) is 38.7 Å². The Bertz CT molecular complexity index is 507. The van der Waals surface area contributed by atoms with Gasteiger partial charge < -0.3 is 11.1 Å². The molecule has 3 unspecified atom stereocenters. The Labute approximate surface area is 138 Å². The van der Waals surface area contributed by atoms with Crippen LogP contribution in [0.15, 0.2) is 24.3 Å². The van der Waals surface area contributed by atoms with E-state index >= 15 is 0 Å². The van der Waals surface area contributed by atoms with Gasteiger partial charge in [-0.3, -0.25) is 4.79 Å². The number of nitrogens with one attached hydrogen (secondary N) is 1. The van der Waals surface area contributed by atoms with E-state index < -0.39 is 0 Å². The van der Waals surface area contributed by atoms with E-state index in [1.807, 2.05) is 31.2 Å². The Balaban J connectivity index is 0.00000220. The van der Waals surface area contributed by atoms with Crippen LogP contribution >= 0.6 is 24.0 Å². The molecule has 0 heterocycles. The van der Waals surface area contributed by atoms with Crippen LogP contribution in [-0.4, -0.2) is 18.0 Å². The molecule has 1 aromatic rings. The Kier molecular flexibility index (Phi) is 6.09. The Morgan fingerprint density at radius 1 is 1.52 bits per heavy atom. The molecule has 0 saturated heterocycles. The van der Waals surface area contributed by atoms with Crippen LogP contribution in [-0.2, 0) is 4.79 Å². The standard InChI is InChI=1S/C16H23ClN2O.ClH/c1-10(2)16(3,9-18)19-15(20)14-8-13(14)11-5-4-6-12(17)7-11;/h4-7,10,13-14H,8-9,18H2,1-3H3,(H,19,20);1H. The first-order chi connectivity index (χ1) is 9.37. The minimum atomic E-state index is -0.335. The number of nitrogens with two attached hydrogens (primary N) is 1. The van der Waals surface area contributed by atoms with Crippen LogP contribution in [0.3, 0.4) is 0 Å². The minimum Gasteiger partial charge on any atom is -0.349 e. The summed E-state index contributed by atoms with van der Waals surface area (Å²) in [6, 6.07) is 7.77. The third-order valence-corrected chi connectivity index (χ3v) is 4.75. The number of hydrogen-bond donors (Lipinski definition) is 2. The molecule has 0 bridgehead atoms. The molecule has 3 atom stereocenters. The van der Waals surface area contributed by atoms with Crippen LogP contribution in [0.2, 0.25) is 5.02 Å². The van der Waals surface area contributed by atoms with E-state index in [-0.39, 0.29) is 29.8 Å². The van der Waals surface area contributed by atoms with E-state index in [0.29, 0.717) is 18.4 Å². The van der Waals surface area contributed by atoms with Gasteiger partial charge in [0.1, 0.15) is 0 Å². The molecule has 1 fully saturated rings. The number of halogens is 2. The van der Waals surface area contributed by atoms with E-state index in [0.717, 1.165) is 17.0 Å². The van der Waals surface area contributed by atoms with Crippen LogP contribution in [0.4, 0.5) is 0 Å². The van der Waals surface area contributed by atoms with Gasteiger partial charge in [0.15, 0.2) is 0 Å². The largest absolute Gasteiger partial charge is 0.349 e. The molecule has 118 valence electrons. The van der Waals surface area contributed by atoms with Crippen molar-refractivity contribution in [3.05, 3.63) is 34.9 Å². The second kappa shape index (κ2) is 6.99. The molecule has 1 saturated carbocycles. The van der Waals surface area contributed by atoms with E-state index in [2.05, 4.69) is 19.2 Å². The molecular weight excluding hydrogens is 307 g/mol. The predicted molar refractivity (Wildman–Crippen MR) is 90.0 cm³/mol. The summed E-state index contributed by atoms with van der Waals surface area (Å²) < 4.78 is 0. The van der Waals surface area contributed by atoms with Crippen LogP contribution in [0.5, 0.6) is 0 Å². The third-order valence-electron chi connectivity index (χ3n) is 4.51. The van der Waals surface area contributed by atoms with Gasteiger partial charge in [0, 0.05) is 17.5 Å². The Morgan fingerprint density at radius 3 is 2.71 bits per heavy atom. The highest BCUT2D eigenvalue weighted by Crippen LogP contribution is 2.48. The van der Waals surface area contributed by atoms with Gasteiger partial charge >= 0.3 is 0 Å². The highest BCUT2D eigenvalue weighted by Gasteiger charge is 2.45. The highest BCUT2D eigenvalue weighted by molar-refractivity contribution is 6.30. The fraction of sp³-hybridized carbons (Fsp3) is 0.562. The maximum atomic E-state index is 12.4. The summed E-state index contributed by atoms with van der Waals surface area (Å²) in [6.07, 6.45) is 0.894.